The lowest BCUT2D eigenvalue weighted by atomic mass is 10.1. The summed E-state index contributed by atoms with van der Waals surface area (Å²) in [7, 11) is 1.62. The quantitative estimate of drug-likeness (QED) is 0.645. The first kappa shape index (κ1) is 21.2. The van der Waals surface area contributed by atoms with Crippen molar-refractivity contribution in [2.45, 2.75) is 19.3 Å². The topological polar surface area (TPSA) is 48.0 Å². The standard InChI is InChI=1S/C23H25NO4.ClH/c1-26-18-7-5-6-17(14-18)15-22-23(25)20-9-8-19(16-21(20)28-22)27-13-12-24-10-3-2-4-11-24;/h5-9,14-16H,2-4,10-13H2,1H3;1H/b22-15-;. The molecule has 0 saturated carbocycles. The molecule has 0 N–H and O–H groups in total. The van der Waals surface area contributed by atoms with Crippen molar-refractivity contribution in [3.8, 4) is 17.2 Å². The lowest BCUT2D eigenvalue weighted by Gasteiger charge is -2.26. The van der Waals surface area contributed by atoms with Crippen LogP contribution in [-0.2, 0) is 0 Å². The molecule has 2 aromatic carbocycles. The molecule has 5 nitrogen and oxygen atoms in total. The Morgan fingerprint density at radius 3 is 2.69 bits per heavy atom. The average molecular weight is 416 g/mol. The maximum absolute atomic E-state index is 12.6. The summed E-state index contributed by atoms with van der Waals surface area (Å²) in [5, 5.41) is 0. The molecule has 0 aliphatic carbocycles. The van der Waals surface area contributed by atoms with Gasteiger partial charge in [0.15, 0.2) is 5.76 Å². The monoisotopic (exact) mass is 415 g/mol. The summed E-state index contributed by atoms with van der Waals surface area (Å²) in [6.07, 6.45) is 5.62. The SMILES string of the molecule is COc1cccc(/C=C2\Oc3cc(OCCN4CCCCC4)ccc3C2=O)c1.Cl. The zero-order valence-electron chi connectivity index (χ0n) is 16.6. The van der Waals surface area contributed by atoms with Crippen LogP contribution in [0.3, 0.4) is 0 Å². The number of fused-ring (bicyclic) bond motifs is 1. The van der Waals surface area contributed by atoms with Crippen LogP contribution in [0.5, 0.6) is 17.2 Å². The Hall–Kier alpha value is -2.50. The van der Waals surface area contributed by atoms with E-state index in [9.17, 15) is 4.79 Å². The van der Waals surface area contributed by atoms with E-state index in [0.29, 0.717) is 23.7 Å². The summed E-state index contributed by atoms with van der Waals surface area (Å²) in [5.74, 6) is 2.22. The summed E-state index contributed by atoms with van der Waals surface area (Å²) >= 11 is 0. The van der Waals surface area contributed by atoms with Crippen LogP contribution in [0, 0.1) is 0 Å². The first-order chi connectivity index (χ1) is 13.7. The van der Waals surface area contributed by atoms with Gasteiger partial charge >= 0.3 is 0 Å². The third kappa shape index (κ3) is 5.11. The zero-order chi connectivity index (χ0) is 19.3. The van der Waals surface area contributed by atoms with Gasteiger partial charge in [0.1, 0.15) is 23.9 Å². The number of piperidine rings is 1. The van der Waals surface area contributed by atoms with Crippen LogP contribution in [0.25, 0.3) is 6.08 Å². The van der Waals surface area contributed by atoms with E-state index in [0.717, 1.165) is 36.7 Å². The van der Waals surface area contributed by atoms with Gasteiger partial charge in [-0.25, -0.2) is 0 Å². The molecule has 154 valence electrons. The highest BCUT2D eigenvalue weighted by atomic mass is 35.5. The van der Waals surface area contributed by atoms with E-state index < -0.39 is 0 Å². The molecule has 2 aliphatic heterocycles. The van der Waals surface area contributed by atoms with E-state index in [1.165, 1.54) is 19.3 Å². The molecule has 0 aromatic heterocycles. The van der Waals surface area contributed by atoms with E-state index >= 15 is 0 Å². The van der Waals surface area contributed by atoms with Crippen LogP contribution in [0.2, 0.25) is 0 Å². The largest absolute Gasteiger partial charge is 0.497 e. The van der Waals surface area contributed by atoms with Gasteiger partial charge in [-0.15, -0.1) is 12.4 Å². The Morgan fingerprint density at radius 2 is 1.90 bits per heavy atom. The van der Waals surface area contributed by atoms with Gasteiger partial charge in [0.05, 0.1) is 12.7 Å². The predicted molar refractivity (Wildman–Crippen MR) is 115 cm³/mol. The van der Waals surface area contributed by atoms with E-state index in [2.05, 4.69) is 4.90 Å². The Labute approximate surface area is 177 Å². The third-order valence-corrected chi connectivity index (χ3v) is 5.16. The molecule has 0 bridgehead atoms. The molecule has 1 fully saturated rings. The van der Waals surface area contributed by atoms with Crippen molar-refractivity contribution in [2.75, 3.05) is 33.4 Å². The second kappa shape index (κ2) is 9.81. The number of ketones is 1. The minimum Gasteiger partial charge on any atom is -0.497 e. The first-order valence-corrected chi connectivity index (χ1v) is 9.80. The second-order valence-electron chi connectivity index (χ2n) is 7.13. The fourth-order valence-electron chi connectivity index (χ4n) is 3.62. The van der Waals surface area contributed by atoms with Crippen LogP contribution in [0.4, 0.5) is 0 Å². The molecule has 29 heavy (non-hydrogen) atoms. The lowest BCUT2D eigenvalue weighted by Crippen LogP contribution is -2.33. The normalized spacial score (nSPS) is 17.4. The number of likely N-dealkylation sites (tertiary alicyclic amines) is 1. The molecule has 6 heteroatoms. The molecule has 2 aliphatic rings. The highest BCUT2D eigenvalue weighted by Crippen LogP contribution is 2.35. The molecular weight excluding hydrogens is 390 g/mol. The Bertz CT molecular complexity index is 890. The second-order valence-corrected chi connectivity index (χ2v) is 7.13. The number of carbonyl (C=O) groups is 1. The van der Waals surface area contributed by atoms with Crippen molar-refractivity contribution in [1.29, 1.82) is 0 Å². The maximum Gasteiger partial charge on any atom is 0.231 e. The number of methoxy groups -OCH3 is 1. The van der Waals surface area contributed by atoms with Crippen LogP contribution in [0.15, 0.2) is 48.2 Å². The van der Waals surface area contributed by atoms with Crippen LogP contribution >= 0.6 is 12.4 Å². The molecular formula is C23H26ClNO4. The highest BCUT2D eigenvalue weighted by Gasteiger charge is 2.27. The lowest BCUT2D eigenvalue weighted by molar-refractivity contribution is 0.101. The number of benzene rings is 2. The first-order valence-electron chi connectivity index (χ1n) is 9.80. The van der Waals surface area contributed by atoms with Gasteiger partial charge in [0, 0.05) is 12.6 Å². The fraction of sp³-hybridized carbons (Fsp3) is 0.348. The van der Waals surface area contributed by atoms with Crippen molar-refractivity contribution in [2.24, 2.45) is 0 Å². The van der Waals surface area contributed by atoms with Crippen molar-refractivity contribution in [3.05, 3.63) is 59.4 Å². The number of allylic oxidation sites excluding steroid dienone is 1. The van der Waals surface area contributed by atoms with Crippen molar-refractivity contribution in [3.63, 3.8) is 0 Å². The molecule has 0 atom stereocenters. The van der Waals surface area contributed by atoms with E-state index in [1.807, 2.05) is 30.3 Å². The molecule has 0 unspecified atom stereocenters. The number of hydrogen-bond donors (Lipinski definition) is 0. The zero-order valence-corrected chi connectivity index (χ0v) is 17.4. The smallest absolute Gasteiger partial charge is 0.231 e. The Balaban J connectivity index is 0.00000240. The molecule has 2 aromatic rings. The van der Waals surface area contributed by atoms with E-state index in [1.54, 1.807) is 25.3 Å². The van der Waals surface area contributed by atoms with Gasteiger partial charge in [0.2, 0.25) is 5.78 Å². The summed E-state index contributed by atoms with van der Waals surface area (Å²) in [6, 6.07) is 12.9. The number of nitrogens with zero attached hydrogens (tertiary/aromatic N) is 1. The average Bonchev–Trinajstić information content (AvgIpc) is 3.04. The van der Waals surface area contributed by atoms with Crippen LogP contribution in [-0.4, -0.2) is 44.0 Å². The van der Waals surface area contributed by atoms with Gasteiger partial charge in [-0.05, 0) is 61.8 Å². The van der Waals surface area contributed by atoms with Gasteiger partial charge < -0.3 is 14.2 Å². The van der Waals surface area contributed by atoms with Crippen molar-refractivity contribution in [1.82, 2.24) is 4.90 Å². The van der Waals surface area contributed by atoms with Gasteiger partial charge in [0.25, 0.3) is 0 Å². The number of rotatable bonds is 6. The predicted octanol–water partition coefficient (Wildman–Crippen LogP) is 4.60. The fourth-order valence-corrected chi connectivity index (χ4v) is 3.62. The van der Waals surface area contributed by atoms with Crippen molar-refractivity contribution < 1.29 is 19.0 Å². The van der Waals surface area contributed by atoms with Crippen LogP contribution in [0.1, 0.15) is 35.2 Å². The molecule has 4 rings (SSSR count). The Kier molecular flexibility index (Phi) is 7.18. The Morgan fingerprint density at radius 1 is 1.07 bits per heavy atom. The molecule has 0 radical (unpaired) electrons. The number of ether oxygens (including phenoxy) is 3. The van der Waals surface area contributed by atoms with E-state index in [-0.39, 0.29) is 18.2 Å². The van der Waals surface area contributed by atoms with Gasteiger partial charge in [-0.1, -0.05) is 18.6 Å². The minimum atomic E-state index is -0.113. The summed E-state index contributed by atoms with van der Waals surface area (Å²) in [6.45, 7) is 3.88. The minimum absolute atomic E-state index is 0. The number of halogens is 1. The molecule has 2 heterocycles. The van der Waals surface area contributed by atoms with Crippen LogP contribution < -0.4 is 14.2 Å². The number of hydrogen-bond acceptors (Lipinski definition) is 5. The van der Waals surface area contributed by atoms with E-state index in [4.69, 9.17) is 14.2 Å². The van der Waals surface area contributed by atoms with Crippen molar-refractivity contribution >= 4 is 24.3 Å². The maximum atomic E-state index is 12.6. The third-order valence-electron chi connectivity index (χ3n) is 5.16. The van der Waals surface area contributed by atoms with Gasteiger partial charge in [-0.2, -0.15) is 0 Å². The summed E-state index contributed by atoms with van der Waals surface area (Å²) < 4.78 is 16.9. The molecule has 0 spiro atoms. The number of carbonyl (C=O) groups excluding carboxylic acids is 1. The summed E-state index contributed by atoms with van der Waals surface area (Å²) in [5.41, 5.74) is 1.42. The highest BCUT2D eigenvalue weighted by molar-refractivity contribution is 6.14. The summed E-state index contributed by atoms with van der Waals surface area (Å²) in [4.78, 5) is 15.1. The number of Topliss-reactive ketones (excluding diaryl/α,β-unsaturated/α-hetero) is 1. The molecule has 1 saturated heterocycles. The van der Waals surface area contributed by atoms with Gasteiger partial charge in [-0.3, -0.25) is 9.69 Å². The molecule has 0 amide bonds.